The summed E-state index contributed by atoms with van der Waals surface area (Å²) in [5, 5.41) is 7.38. The maximum atomic E-state index is 5.09. The third kappa shape index (κ3) is 3.80. The molecule has 0 spiro atoms. The summed E-state index contributed by atoms with van der Waals surface area (Å²) in [7, 11) is 0. The van der Waals surface area contributed by atoms with Gasteiger partial charge in [-0.05, 0) is 38.0 Å². The molecular formula is C13H23N3O. The minimum atomic E-state index is 0.543. The smallest absolute Gasteiger partial charge is 0.227 e. The van der Waals surface area contributed by atoms with Gasteiger partial charge in [-0.2, -0.15) is 4.98 Å². The van der Waals surface area contributed by atoms with Crippen LogP contribution in [0.2, 0.25) is 0 Å². The van der Waals surface area contributed by atoms with E-state index in [2.05, 4.69) is 29.3 Å². The standard InChI is InChI=1S/C13H23N3O/c1-10-15-12(17-16-10)6-9-14-11-4-7-13(2,3)8-5-11/h11,14H,4-9H2,1-3H3. The summed E-state index contributed by atoms with van der Waals surface area (Å²) in [4.78, 5) is 4.20. The van der Waals surface area contributed by atoms with Gasteiger partial charge in [0.25, 0.3) is 0 Å². The molecular weight excluding hydrogens is 214 g/mol. The van der Waals surface area contributed by atoms with Crippen molar-refractivity contribution in [2.75, 3.05) is 6.54 Å². The number of rotatable bonds is 4. The number of hydrogen-bond acceptors (Lipinski definition) is 4. The molecule has 1 aliphatic rings. The Balaban J connectivity index is 1.66. The van der Waals surface area contributed by atoms with Crippen molar-refractivity contribution in [3.63, 3.8) is 0 Å². The summed E-state index contributed by atoms with van der Waals surface area (Å²) in [6.45, 7) is 7.52. The summed E-state index contributed by atoms with van der Waals surface area (Å²) >= 11 is 0. The SMILES string of the molecule is Cc1noc(CCNC2CCC(C)(C)CC2)n1. The molecule has 0 unspecified atom stereocenters. The summed E-state index contributed by atoms with van der Waals surface area (Å²) < 4.78 is 5.09. The Labute approximate surface area is 103 Å². The predicted molar refractivity (Wildman–Crippen MR) is 66.8 cm³/mol. The van der Waals surface area contributed by atoms with Crippen molar-refractivity contribution in [2.45, 2.75) is 58.9 Å². The number of nitrogens with one attached hydrogen (secondary N) is 1. The van der Waals surface area contributed by atoms with E-state index in [0.29, 0.717) is 11.5 Å². The Morgan fingerprint density at radius 3 is 2.65 bits per heavy atom. The first-order chi connectivity index (χ1) is 8.05. The molecule has 0 radical (unpaired) electrons. The maximum Gasteiger partial charge on any atom is 0.227 e. The van der Waals surface area contributed by atoms with E-state index in [1.807, 2.05) is 6.92 Å². The largest absolute Gasteiger partial charge is 0.339 e. The van der Waals surface area contributed by atoms with Crippen molar-refractivity contribution in [3.8, 4) is 0 Å². The molecule has 1 aromatic heterocycles. The molecule has 4 nitrogen and oxygen atoms in total. The molecule has 1 heterocycles. The van der Waals surface area contributed by atoms with Gasteiger partial charge in [0.05, 0.1) is 0 Å². The second kappa shape index (κ2) is 5.17. The van der Waals surface area contributed by atoms with Gasteiger partial charge >= 0.3 is 0 Å². The van der Waals surface area contributed by atoms with Gasteiger partial charge in [0, 0.05) is 19.0 Å². The highest BCUT2D eigenvalue weighted by atomic mass is 16.5. The van der Waals surface area contributed by atoms with E-state index in [9.17, 15) is 0 Å². The van der Waals surface area contributed by atoms with E-state index in [1.54, 1.807) is 0 Å². The third-order valence-electron chi connectivity index (χ3n) is 3.68. The lowest BCUT2D eigenvalue weighted by Gasteiger charge is -2.34. The van der Waals surface area contributed by atoms with Crippen LogP contribution in [0, 0.1) is 12.3 Å². The Hall–Kier alpha value is -0.900. The summed E-state index contributed by atoms with van der Waals surface area (Å²) in [6.07, 6.45) is 6.06. The van der Waals surface area contributed by atoms with E-state index >= 15 is 0 Å². The molecule has 0 saturated heterocycles. The molecule has 1 saturated carbocycles. The lowest BCUT2D eigenvalue weighted by atomic mass is 9.75. The van der Waals surface area contributed by atoms with E-state index in [4.69, 9.17) is 4.52 Å². The van der Waals surface area contributed by atoms with Crippen LogP contribution in [0.4, 0.5) is 0 Å². The first-order valence-corrected chi connectivity index (χ1v) is 6.58. The molecule has 1 aliphatic carbocycles. The van der Waals surface area contributed by atoms with Crippen LogP contribution in [0.25, 0.3) is 0 Å². The Morgan fingerprint density at radius 1 is 1.35 bits per heavy atom. The number of aromatic nitrogens is 2. The van der Waals surface area contributed by atoms with Gasteiger partial charge in [-0.15, -0.1) is 0 Å². The molecule has 0 bridgehead atoms. The van der Waals surface area contributed by atoms with Gasteiger partial charge in [0.2, 0.25) is 5.89 Å². The van der Waals surface area contributed by atoms with Crippen LogP contribution >= 0.6 is 0 Å². The highest BCUT2D eigenvalue weighted by molar-refractivity contribution is 4.85. The van der Waals surface area contributed by atoms with Crippen LogP contribution in [0.5, 0.6) is 0 Å². The molecule has 2 rings (SSSR count). The molecule has 0 aliphatic heterocycles. The second-order valence-corrected chi connectivity index (χ2v) is 5.88. The van der Waals surface area contributed by atoms with Crippen molar-refractivity contribution >= 4 is 0 Å². The molecule has 1 aromatic rings. The zero-order chi connectivity index (χ0) is 12.3. The second-order valence-electron chi connectivity index (χ2n) is 5.88. The van der Waals surface area contributed by atoms with E-state index in [-0.39, 0.29) is 0 Å². The van der Waals surface area contributed by atoms with Gasteiger partial charge in [0.15, 0.2) is 5.82 Å². The minimum Gasteiger partial charge on any atom is -0.339 e. The molecule has 96 valence electrons. The summed E-state index contributed by atoms with van der Waals surface area (Å²) in [5.74, 6) is 1.46. The Bertz CT molecular complexity index is 349. The number of nitrogens with zero attached hydrogens (tertiary/aromatic N) is 2. The zero-order valence-electron chi connectivity index (χ0n) is 11.1. The van der Waals surface area contributed by atoms with Crippen molar-refractivity contribution in [1.29, 1.82) is 0 Å². The average Bonchev–Trinajstić information content (AvgIpc) is 2.67. The molecule has 0 aromatic carbocycles. The van der Waals surface area contributed by atoms with Crippen LogP contribution in [0.1, 0.15) is 51.2 Å². The molecule has 1 N–H and O–H groups in total. The Kier molecular flexibility index (Phi) is 3.82. The van der Waals surface area contributed by atoms with E-state index in [1.165, 1.54) is 25.7 Å². The zero-order valence-corrected chi connectivity index (χ0v) is 11.1. The number of aryl methyl sites for hydroxylation is 1. The molecule has 4 heteroatoms. The van der Waals surface area contributed by atoms with Crippen LogP contribution in [0.3, 0.4) is 0 Å². The van der Waals surface area contributed by atoms with Crippen molar-refractivity contribution in [3.05, 3.63) is 11.7 Å². The average molecular weight is 237 g/mol. The van der Waals surface area contributed by atoms with Gasteiger partial charge in [-0.25, -0.2) is 0 Å². The predicted octanol–water partition coefficient (Wildman–Crippen LogP) is 2.48. The molecule has 0 atom stereocenters. The quantitative estimate of drug-likeness (QED) is 0.874. The van der Waals surface area contributed by atoms with Gasteiger partial charge in [-0.1, -0.05) is 19.0 Å². The Morgan fingerprint density at radius 2 is 2.06 bits per heavy atom. The van der Waals surface area contributed by atoms with Gasteiger partial charge < -0.3 is 9.84 Å². The van der Waals surface area contributed by atoms with Crippen molar-refractivity contribution in [1.82, 2.24) is 15.5 Å². The fourth-order valence-corrected chi connectivity index (χ4v) is 2.43. The van der Waals surface area contributed by atoms with Crippen LogP contribution in [-0.4, -0.2) is 22.7 Å². The highest BCUT2D eigenvalue weighted by Crippen LogP contribution is 2.34. The minimum absolute atomic E-state index is 0.543. The lowest BCUT2D eigenvalue weighted by Crippen LogP contribution is -2.36. The molecule has 17 heavy (non-hydrogen) atoms. The third-order valence-corrected chi connectivity index (χ3v) is 3.68. The maximum absolute atomic E-state index is 5.09. The first-order valence-electron chi connectivity index (χ1n) is 6.58. The van der Waals surface area contributed by atoms with E-state index in [0.717, 1.165) is 24.7 Å². The molecule has 0 amide bonds. The summed E-state index contributed by atoms with van der Waals surface area (Å²) in [5.41, 5.74) is 0.543. The van der Waals surface area contributed by atoms with Gasteiger partial charge in [0.1, 0.15) is 0 Å². The van der Waals surface area contributed by atoms with Crippen molar-refractivity contribution < 1.29 is 4.52 Å². The fraction of sp³-hybridized carbons (Fsp3) is 0.846. The topological polar surface area (TPSA) is 51.0 Å². The fourth-order valence-electron chi connectivity index (χ4n) is 2.43. The lowest BCUT2D eigenvalue weighted by molar-refractivity contribution is 0.206. The number of hydrogen-bond donors (Lipinski definition) is 1. The first kappa shape index (κ1) is 12.6. The molecule has 1 fully saturated rings. The summed E-state index contributed by atoms with van der Waals surface area (Å²) in [6, 6.07) is 0.673. The van der Waals surface area contributed by atoms with E-state index < -0.39 is 0 Å². The highest BCUT2D eigenvalue weighted by Gasteiger charge is 2.26. The van der Waals surface area contributed by atoms with Crippen LogP contribution in [-0.2, 0) is 6.42 Å². The van der Waals surface area contributed by atoms with Crippen LogP contribution in [0.15, 0.2) is 4.52 Å². The van der Waals surface area contributed by atoms with Gasteiger partial charge in [-0.3, -0.25) is 0 Å². The normalized spacial score (nSPS) is 20.6. The monoisotopic (exact) mass is 237 g/mol. The van der Waals surface area contributed by atoms with Crippen molar-refractivity contribution in [2.24, 2.45) is 5.41 Å². The van der Waals surface area contributed by atoms with Crippen LogP contribution < -0.4 is 5.32 Å².